The van der Waals surface area contributed by atoms with Gasteiger partial charge in [0.05, 0.1) is 0 Å². The second-order valence-corrected chi connectivity index (χ2v) is 4.09. The number of carboxylic acids is 1. The standard InChI is InChI=1S/C12H13N5O3/c1-2-9(12(19)20)13-11(18)8-5-3-4-7(6-8)10-14-16-17-15-10/h3-6,9H,2H2,1H3,(H,13,18)(H,19,20)(H,14,15,16,17). The van der Waals surface area contributed by atoms with Crippen molar-refractivity contribution in [3.63, 3.8) is 0 Å². The third-order valence-corrected chi connectivity index (χ3v) is 2.74. The Balaban J connectivity index is 2.19. The summed E-state index contributed by atoms with van der Waals surface area (Å²) in [5, 5.41) is 24.8. The smallest absolute Gasteiger partial charge is 0.326 e. The number of carboxylic acid groups (broad SMARTS) is 1. The number of hydrogen-bond donors (Lipinski definition) is 3. The van der Waals surface area contributed by atoms with Crippen molar-refractivity contribution in [2.75, 3.05) is 0 Å². The van der Waals surface area contributed by atoms with Crippen molar-refractivity contribution in [2.45, 2.75) is 19.4 Å². The number of rotatable bonds is 5. The highest BCUT2D eigenvalue weighted by molar-refractivity contribution is 5.97. The van der Waals surface area contributed by atoms with Gasteiger partial charge in [-0.2, -0.15) is 5.21 Å². The van der Waals surface area contributed by atoms with Gasteiger partial charge in [-0.1, -0.05) is 19.1 Å². The quantitative estimate of drug-likeness (QED) is 0.729. The third kappa shape index (κ3) is 2.97. The fourth-order valence-electron chi connectivity index (χ4n) is 1.66. The summed E-state index contributed by atoms with van der Waals surface area (Å²) in [7, 11) is 0. The predicted octanol–water partition coefficient (Wildman–Crippen LogP) is 0.460. The molecule has 0 spiro atoms. The Labute approximate surface area is 114 Å². The number of H-pyrrole nitrogens is 1. The Morgan fingerprint density at radius 1 is 1.45 bits per heavy atom. The van der Waals surface area contributed by atoms with Crippen LogP contribution < -0.4 is 5.32 Å². The number of nitrogens with zero attached hydrogens (tertiary/aromatic N) is 3. The zero-order valence-corrected chi connectivity index (χ0v) is 10.7. The summed E-state index contributed by atoms with van der Waals surface area (Å²) < 4.78 is 0. The van der Waals surface area contributed by atoms with Gasteiger partial charge in [0.25, 0.3) is 5.91 Å². The van der Waals surface area contributed by atoms with E-state index in [1.165, 1.54) is 0 Å². The molecule has 0 bridgehead atoms. The number of hydrogen-bond acceptors (Lipinski definition) is 5. The number of carbonyl (C=O) groups excluding carboxylic acids is 1. The highest BCUT2D eigenvalue weighted by atomic mass is 16.4. The minimum atomic E-state index is -1.06. The molecule has 1 amide bonds. The number of benzene rings is 1. The van der Waals surface area contributed by atoms with Gasteiger partial charge in [-0.15, -0.1) is 10.2 Å². The van der Waals surface area contributed by atoms with E-state index in [0.717, 1.165) is 0 Å². The molecule has 0 saturated heterocycles. The van der Waals surface area contributed by atoms with Crippen molar-refractivity contribution >= 4 is 11.9 Å². The van der Waals surface area contributed by atoms with Gasteiger partial charge in [0.1, 0.15) is 6.04 Å². The predicted molar refractivity (Wildman–Crippen MR) is 68.8 cm³/mol. The highest BCUT2D eigenvalue weighted by Crippen LogP contribution is 2.15. The second-order valence-electron chi connectivity index (χ2n) is 4.09. The summed E-state index contributed by atoms with van der Waals surface area (Å²) >= 11 is 0. The average molecular weight is 275 g/mol. The van der Waals surface area contributed by atoms with Crippen LogP contribution in [-0.2, 0) is 4.79 Å². The molecule has 104 valence electrons. The Morgan fingerprint density at radius 3 is 2.85 bits per heavy atom. The van der Waals surface area contributed by atoms with E-state index in [0.29, 0.717) is 23.4 Å². The van der Waals surface area contributed by atoms with Gasteiger partial charge < -0.3 is 10.4 Å². The fourth-order valence-corrected chi connectivity index (χ4v) is 1.66. The van der Waals surface area contributed by atoms with E-state index in [4.69, 9.17) is 5.11 Å². The zero-order valence-electron chi connectivity index (χ0n) is 10.7. The second kappa shape index (κ2) is 5.91. The molecule has 8 heteroatoms. The molecule has 1 unspecified atom stereocenters. The molecule has 2 aromatic rings. The van der Waals surface area contributed by atoms with Crippen molar-refractivity contribution in [1.29, 1.82) is 0 Å². The SMILES string of the molecule is CCC(NC(=O)c1cccc(-c2nn[nH]n2)c1)C(=O)O. The normalized spacial score (nSPS) is 11.8. The summed E-state index contributed by atoms with van der Waals surface area (Å²) in [5.41, 5.74) is 0.960. The molecule has 1 aromatic carbocycles. The first-order valence-corrected chi connectivity index (χ1v) is 5.99. The Kier molecular flexibility index (Phi) is 4.04. The van der Waals surface area contributed by atoms with Crippen LogP contribution >= 0.6 is 0 Å². The molecule has 8 nitrogen and oxygen atoms in total. The van der Waals surface area contributed by atoms with E-state index in [1.807, 2.05) is 0 Å². The lowest BCUT2D eigenvalue weighted by Gasteiger charge is -2.12. The highest BCUT2D eigenvalue weighted by Gasteiger charge is 2.18. The van der Waals surface area contributed by atoms with Crippen LogP contribution in [0.2, 0.25) is 0 Å². The van der Waals surface area contributed by atoms with Gasteiger partial charge >= 0.3 is 5.97 Å². The van der Waals surface area contributed by atoms with Crippen LogP contribution in [0.25, 0.3) is 11.4 Å². The maximum atomic E-state index is 12.0. The minimum absolute atomic E-state index is 0.311. The first-order chi connectivity index (χ1) is 9.61. The van der Waals surface area contributed by atoms with Crippen molar-refractivity contribution in [2.24, 2.45) is 0 Å². The molecule has 0 aliphatic carbocycles. The molecule has 0 aliphatic heterocycles. The summed E-state index contributed by atoms with van der Waals surface area (Å²) in [5.74, 6) is -1.15. The summed E-state index contributed by atoms with van der Waals surface area (Å²) in [4.78, 5) is 22.9. The van der Waals surface area contributed by atoms with E-state index >= 15 is 0 Å². The van der Waals surface area contributed by atoms with Crippen LogP contribution in [0.5, 0.6) is 0 Å². The Bertz CT molecular complexity index is 611. The van der Waals surface area contributed by atoms with E-state index in [2.05, 4.69) is 25.9 Å². The van der Waals surface area contributed by atoms with Crippen molar-refractivity contribution in [3.8, 4) is 11.4 Å². The molecule has 1 atom stereocenters. The summed E-state index contributed by atoms with van der Waals surface area (Å²) in [6.07, 6.45) is 0.311. The number of carbonyl (C=O) groups is 2. The molecule has 0 saturated carbocycles. The van der Waals surface area contributed by atoms with Gasteiger partial charge in [-0.3, -0.25) is 4.79 Å². The number of aromatic amines is 1. The molecule has 20 heavy (non-hydrogen) atoms. The number of aliphatic carboxylic acids is 1. The Morgan fingerprint density at radius 2 is 2.25 bits per heavy atom. The molecule has 3 N–H and O–H groups in total. The minimum Gasteiger partial charge on any atom is -0.480 e. The molecule has 0 aliphatic rings. The molecular formula is C12H13N5O3. The monoisotopic (exact) mass is 275 g/mol. The molecule has 2 rings (SSSR count). The first kappa shape index (κ1) is 13.7. The fraction of sp³-hybridized carbons (Fsp3) is 0.250. The van der Waals surface area contributed by atoms with Gasteiger partial charge in [0.2, 0.25) is 5.82 Å². The molecule has 0 radical (unpaired) electrons. The lowest BCUT2D eigenvalue weighted by Crippen LogP contribution is -2.40. The molecule has 0 fully saturated rings. The van der Waals surface area contributed by atoms with Gasteiger partial charge in [0, 0.05) is 11.1 Å². The first-order valence-electron chi connectivity index (χ1n) is 5.99. The van der Waals surface area contributed by atoms with Crippen LogP contribution in [0.4, 0.5) is 0 Å². The third-order valence-electron chi connectivity index (χ3n) is 2.74. The largest absolute Gasteiger partial charge is 0.480 e. The van der Waals surface area contributed by atoms with Crippen molar-refractivity contribution in [1.82, 2.24) is 25.9 Å². The van der Waals surface area contributed by atoms with E-state index in [1.54, 1.807) is 31.2 Å². The molecule has 1 aromatic heterocycles. The van der Waals surface area contributed by atoms with Crippen molar-refractivity contribution in [3.05, 3.63) is 29.8 Å². The zero-order chi connectivity index (χ0) is 14.5. The van der Waals surface area contributed by atoms with Gasteiger partial charge in [0.15, 0.2) is 0 Å². The summed E-state index contributed by atoms with van der Waals surface area (Å²) in [6, 6.07) is 5.66. The molecule has 1 heterocycles. The van der Waals surface area contributed by atoms with E-state index in [9.17, 15) is 9.59 Å². The summed E-state index contributed by atoms with van der Waals surface area (Å²) in [6.45, 7) is 1.69. The molecular weight excluding hydrogens is 262 g/mol. The number of nitrogens with one attached hydrogen (secondary N) is 2. The average Bonchev–Trinajstić information content (AvgIpc) is 2.98. The van der Waals surface area contributed by atoms with E-state index in [-0.39, 0.29) is 0 Å². The van der Waals surface area contributed by atoms with Gasteiger partial charge in [-0.05, 0) is 23.8 Å². The Hall–Kier alpha value is -2.77. The van der Waals surface area contributed by atoms with Crippen LogP contribution in [-0.4, -0.2) is 43.6 Å². The van der Waals surface area contributed by atoms with Crippen LogP contribution in [0.1, 0.15) is 23.7 Å². The van der Waals surface area contributed by atoms with Crippen LogP contribution in [0.3, 0.4) is 0 Å². The topological polar surface area (TPSA) is 121 Å². The van der Waals surface area contributed by atoms with E-state index < -0.39 is 17.9 Å². The van der Waals surface area contributed by atoms with Crippen LogP contribution in [0, 0.1) is 0 Å². The maximum Gasteiger partial charge on any atom is 0.326 e. The van der Waals surface area contributed by atoms with Crippen LogP contribution in [0.15, 0.2) is 24.3 Å². The lowest BCUT2D eigenvalue weighted by molar-refractivity contribution is -0.139. The number of aromatic nitrogens is 4. The maximum absolute atomic E-state index is 12.0. The number of amides is 1. The number of tetrazole rings is 1. The lowest BCUT2D eigenvalue weighted by atomic mass is 10.1. The van der Waals surface area contributed by atoms with Crippen molar-refractivity contribution < 1.29 is 14.7 Å². The van der Waals surface area contributed by atoms with Gasteiger partial charge in [-0.25, -0.2) is 4.79 Å².